The highest BCUT2D eigenvalue weighted by Crippen LogP contribution is 2.41. The van der Waals surface area contributed by atoms with Crippen LogP contribution in [0.2, 0.25) is 0 Å². The molecule has 2 fully saturated rings. The van der Waals surface area contributed by atoms with Crippen LogP contribution in [0.5, 0.6) is 0 Å². The van der Waals surface area contributed by atoms with Crippen molar-refractivity contribution in [3.8, 4) is 11.3 Å². The molecule has 3 aromatic rings. The molecule has 2 aliphatic heterocycles. The van der Waals surface area contributed by atoms with Crippen molar-refractivity contribution in [3.05, 3.63) is 76.5 Å². The summed E-state index contributed by atoms with van der Waals surface area (Å²) in [5.41, 5.74) is 1.29. The maximum absolute atomic E-state index is 14.5. The quantitative estimate of drug-likeness (QED) is 0.472. The molecule has 0 amide bonds. The summed E-state index contributed by atoms with van der Waals surface area (Å²) in [6, 6.07) is 14.1. The number of ether oxygens (including phenoxy) is 1. The van der Waals surface area contributed by atoms with E-state index in [2.05, 4.69) is 31.1 Å². The first-order chi connectivity index (χ1) is 15.1. The van der Waals surface area contributed by atoms with Crippen LogP contribution in [0.25, 0.3) is 11.3 Å². The minimum Gasteiger partial charge on any atom is -0.459 e. The lowest BCUT2D eigenvalue weighted by Gasteiger charge is -2.28. The second-order valence-electron chi connectivity index (χ2n) is 7.74. The van der Waals surface area contributed by atoms with E-state index in [1.807, 2.05) is 30.3 Å². The van der Waals surface area contributed by atoms with Gasteiger partial charge < -0.3 is 19.4 Å². The van der Waals surface area contributed by atoms with Gasteiger partial charge >= 0.3 is 0 Å². The molecule has 8 heteroatoms. The summed E-state index contributed by atoms with van der Waals surface area (Å²) in [6.07, 6.45) is 3.96. The van der Waals surface area contributed by atoms with E-state index in [-0.39, 0.29) is 24.0 Å². The van der Waals surface area contributed by atoms with Crippen LogP contribution in [0, 0.1) is 5.82 Å². The Hall–Kier alpha value is -2.29. The molecule has 0 radical (unpaired) electrons. The Morgan fingerprint density at radius 2 is 2.13 bits per heavy atom. The number of aromatic nitrogens is 1. The number of rotatable bonds is 5. The molecule has 2 aromatic heterocycles. The fourth-order valence-corrected chi connectivity index (χ4v) is 4.91. The highest BCUT2D eigenvalue weighted by atomic mass is 79.9. The molecule has 0 spiro atoms. The second kappa shape index (κ2) is 8.68. The Labute approximate surface area is 193 Å². The summed E-state index contributed by atoms with van der Waals surface area (Å²) in [4.78, 5) is 6.66. The number of halogens is 2. The molecule has 0 unspecified atom stereocenters. The molecule has 1 N–H and O–H groups in total. The highest BCUT2D eigenvalue weighted by Gasteiger charge is 2.42. The molecular weight excluding hydrogens is 481 g/mol. The van der Waals surface area contributed by atoms with Gasteiger partial charge in [-0.2, -0.15) is 0 Å². The van der Waals surface area contributed by atoms with Gasteiger partial charge in [-0.3, -0.25) is 4.98 Å². The van der Waals surface area contributed by atoms with Gasteiger partial charge in [-0.25, -0.2) is 4.39 Å². The third-order valence-electron chi connectivity index (χ3n) is 5.74. The minimum atomic E-state index is -0.340. The van der Waals surface area contributed by atoms with Crippen molar-refractivity contribution >= 4 is 33.3 Å². The number of benzene rings is 1. The van der Waals surface area contributed by atoms with E-state index in [1.54, 1.807) is 18.3 Å². The number of furan rings is 1. The first kappa shape index (κ1) is 20.6. The summed E-state index contributed by atoms with van der Waals surface area (Å²) in [5.74, 6) is 0.848. The minimum absolute atomic E-state index is 0.128. The molecule has 160 valence electrons. The number of thiocarbonyl (C=S) groups is 1. The van der Waals surface area contributed by atoms with Crippen molar-refractivity contribution in [3.63, 3.8) is 0 Å². The van der Waals surface area contributed by atoms with Crippen molar-refractivity contribution in [1.29, 1.82) is 0 Å². The van der Waals surface area contributed by atoms with E-state index in [1.165, 1.54) is 6.07 Å². The van der Waals surface area contributed by atoms with Gasteiger partial charge in [-0.15, -0.1) is 0 Å². The number of hydrogen-bond acceptors (Lipinski definition) is 4. The maximum atomic E-state index is 14.5. The average Bonchev–Trinajstić information content (AvgIpc) is 3.51. The fraction of sp³-hybridized carbons (Fsp3) is 0.304. The molecule has 2 saturated heterocycles. The van der Waals surface area contributed by atoms with E-state index in [0.717, 1.165) is 25.1 Å². The summed E-state index contributed by atoms with van der Waals surface area (Å²) >= 11 is 8.99. The van der Waals surface area contributed by atoms with E-state index >= 15 is 0 Å². The van der Waals surface area contributed by atoms with Crippen LogP contribution in [0.1, 0.15) is 36.4 Å². The molecule has 3 atom stereocenters. The van der Waals surface area contributed by atoms with Gasteiger partial charge in [0.2, 0.25) is 0 Å². The predicted octanol–water partition coefficient (Wildman–Crippen LogP) is 5.39. The highest BCUT2D eigenvalue weighted by molar-refractivity contribution is 9.10. The molecule has 4 heterocycles. The number of pyridine rings is 1. The van der Waals surface area contributed by atoms with Crippen LogP contribution in [-0.4, -0.2) is 34.3 Å². The number of nitrogens with zero attached hydrogens (tertiary/aromatic N) is 2. The zero-order valence-corrected chi connectivity index (χ0v) is 19.0. The molecule has 0 saturated carbocycles. The Bertz CT molecular complexity index is 1090. The Morgan fingerprint density at radius 1 is 1.23 bits per heavy atom. The van der Waals surface area contributed by atoms with Crippen LogP contribution < -0.4 is 5.32 Å². The Balaban J connectivity index is 1.51. The maximum Gasteiger partial charge on any atom is 0.170 e. The van der Waals surface area contributed by atoms with E-state index in [4.69, 9.17) is 21.4 Å². The standard InChI is InChI=1S/C23H21BrFN3O2S/c24-14-6-7-16(17(25)12-14)19-8-9-20(30-19)22-21(18-5-1-2-10-26-18)27-23(31)28(22)13-15-4-3-11-29-15/h1-2,5-10,12,15,21-22H,3-4,11,13H2,(H,27,31)/t15-,21-,22-/m0/s1. The zero-order chi connectivity index (χ0) is 21.4. The van der Waals surface area contributed by atoms with Gasteiger partial charge in [0.15, 0.2) is 5.11 Å². The van der Waals surface area contributed by atoms with Crippen molar-refractivity contribution in [1.82, 2.24) is 15.2 Å². The SMILES string of the molecule is Fc1cc(Br)ccc1-c1ccc([C@H]2[C@H](c3ccccn3)NC(=S)N2C[C@@H]2CCCO2)o1. The predicted molar refractivity (Wildman–Crippen MR) is 123 cm³/mol. The monoisotopic (exact) mass is 501 g/mol. The van der Waals surface area contributed by atoms with E-state index in [9.17, 15) is 4.39 Å². The fourth-order valence-electron chi connectivity index (χ4n) is 4.26. The molecule has 2 aliphatic rings. The summed E-state index contributed by atoms with van der Waals surface area (Å²) in [7, 11) is 0. The summed E-state index contributed by atoms with van der Waals surface area (Å²) in [5, 5.41) is 4.05. The third kappa shape index (κ3) is 4.12. The molecule has 1 aromatic carbocycles. The van der Waals surface area contributed by atoms with Gasteiger partial charge in [0.05, 0.1) is 23.4 Å². The van der Waals surface area contributed by atoms with Gasteiger partial charge in [-0.1, -0.05) is 22.0 Å². The van der Waals surface area contributed by atoms with Crippen LogP contribution in [0.15, 0.2) is 63.6 Å². The van der Waals surface area contributed by atoms with Gasteiger partial charge in [-0.05, 0) is 67.5 Å². The molecule has 5 rings (SSSR count). The van der Waals surface area contributed by atoms with E-state index < -0.39 is 0 Å². The van der Waals surface area contributed by atoms with Crippen molar-refractivity contribution in [2.45, 2.75) is 31.0 Å². The van der Waals surface area contributed by atoms with Gasteiger partial charge in [0, 0.05) is 23.8 Å². The zero-order valence-electron chi connectivity index (χ0n) is 16.6. The van der Waals surface area contributed by atoms with Crippen LogP contribution in [-0.2, 0) is 4.74 Å². The largest absolute Gasteiger partial charge is 0.459 e. The first-order valence-electron chi connectivity index (χ1n) is 10.2. The average molecular weight is 502 g/mol. The summed E-state index contributed by atoms with van der Waals surface area (Å²) in [6.45, 7) is 1.45. The number of nitrogens with one attached hydrogen (secondary N) is 1. The Morgan fingerprint density at radius 3 is 2.87 bits per heavy atom. The van der Waals surface area contributed by atoms with Gasteiger partial charge in [0.1, 0.15) is 23.4 Å². The lowest BCUT2D eigenvalue weighted by Crippen LogP contribution is -2.36. The first-order valence-corrected chi connectivity index (χ1v) is 11.4. The third-order valence-corrected chi connectivity index (χ3v) is 6.58. The topological polar surface area (TPSA) is 50.5 Å². The van der Waals surface area contributed by atoms with E-state index in [0.29, 0.717) is 33.2 Å². The lowest BCUT2D eigenvalue weighted by atomic mass is 10.0. The van der Waals surface area contributed by atoms with Gasteiger partial charge in [0.25, 0.3) is 0 Å². The van der Waals surface area contributed by atoms with Crippen LogP contribution in [0.3, 0.4) is 0 Å². The number of hydrogen-bond donors (Lipinski definition) is 1. The second-order valence-corrected chi connectivity index (χ2v) is 9.04. The van der Waals surface area contributed by atoms with Crippen LogP contribution >= 0.6 is 28.1 Å². The van der Waals surface area contributed by atoms with Crippen molar-refractivity contribution < 1.29 is 13.5 Å². The van der Waals surface area contributed by atoms with Crippen molar-refractivity contribution in [2.75, 3.05) is 13.2 Å². The Kier molecular flexibility index (Phi) is 5.77. The lowest BCUT2D eigenvalue weighted by molar-refractivity contribution is 0.0818. The molecule has 0 aliphatic carbocycles. The molecule has 31 heavy (non-hydrogen) atoms. The smallest absolute Gasteiger partial charge is 0.170 e. The molecular formula is C23H21BrFN3O2S. The van der Waals surface area contributed by atoms with Crippen LogP contribution in [0.4, 0.5) is 4.39 Å². The van der Waals surface area contributed by atoms with Crippen molar-refractivity contribution in [2.24, 2.45) is 0 Å². The summed E-state index contributed by atoms with van der Waals surface area (Å²) < 4.78 is 27.3. The molecule has 5 nitrogen and oxygen atoms in total. The molecule has 0 bridgehead atoms. The normalized spacial score (nSPS) is 23.4.